The maximum atomic E-state index is 4.45. The Morgan fingerprint density at radius 1 is 1.00 bits per heavy atom. The molecule has 0 N–H and O–H groups in total. The molecule has 0 saturated carbocycles. The van der Waals surface area contributed by atoms with Crippen LogP contribution in [-0.4, -0.2) is 4.98 Å². The van der Waals surface area contributed by atoms with Crippen LogP contribution in [0.3, 0.4) is 0 Å². The Hall–Kier alpha value is -1.89. The molecule has 0 aliphatic heterocycles. The fraction of sp³-hybridized carbons (Fsp3) is 0.278. The van der Waals surface area contributed by atoms with Gasteiger partial charge in [0.15, 0.2) is 0 Å². The summed E-state index contributed by atoms with van der Waals surface area (Å²) in [6.45, 7) is 0. The average molecular weight is 249 g/mol. The molecule has 1 aliphatic carbocycles. The molecule has 0 saturated heterocycles. The number of hydrogen-bond donors (Lipinski definition) is 0. The molecular formula is C18H19N. The van der Waals surface area contributed by atoms with Crippen molar-refractivity contribution in [3.8, 4) is 0 Å². The van der Waals surface area contributed by atoms with Crippen molar-refractivity contribution >= 4 is 5.57 Å². The molecule has 1 heteroatoms. The van der Waals surface area contributed by atoms with Gasteiger partial charge in [-0.1, -0.05) is 42.5 Å². The Balaban J connectivity index is 1.70. The van der Waals surface area contributed by atoms with Crippen LogP contribution in [0.4, 0.5) is 0 Å². The van der Waals surface area contributed by atoms with Gasteiger partial charge in [0.25, 0.3) is 0 Å². The van der Waals surface area contributed by atoms with Crippen LogP contribution in [0.5, 0.6) is 0 Å². The van der Waals surface area contributed by atoms with E-state index in [4.69, 9.17) is 0 Å². The molecule has 2 aromatic rings. The first-order chi connectivity index (χ1) is 9.42. The van der Waals surface area contributed by atoms with E-state index in [-0.39, 0.29) is 0 Å². The minimum absolute atomic E-state index is 0.732. The third kappa shape index (κ3) is 3.11. The van der Waals surface area contributed by atoms with Crippen LogP contribution in [-0.2, 0) is 6.42 Å². The lowest BCUT2D eigenvalue weighted by Gasteiger charge is -2.22. The van der Waals surface area contributed by atoms with Crippen LogP contribution >= 0.6 is 0 Å². The molecule has 1 nitrogen and oxygen atoms in total. The highest BCUT2D eigenvalue weighted by molar-refractivity contribution is 5.66. The lowest BCUT2D eigenvalue weighted by molar-refractivity contribution is 0.480. The zero-order valence-electron chi connectivity index (χ0n) is 11.1. The highest BCUT2D eigenvalue weighted by Crippen LogP contribution is 2.32. The predicted molar refractivity (Wildman–Crippen MR) is 79.7 cm³/mol. The molecular weight excluding hydrogens is 230 g/mol. The number of allylic oxidation sites excluding steroid dienone is 2. The first kappa shape index (κ1) is 12.2. The van der Waals surface area contributed by atoms with Gasteiger partial charge in [-0.15, -0.1) is 0 Å². The minimum Gasteiger partial charge on any atom is -0.261 e. The third-order valence-corrected chi connectivity index (χ3v) is 3.84. The van der Waals surface area contributed by atoms with Crippen molar-refractivity contribution in [3.05, 3.63) is 72.1 Å². The van der Waals surface area contributed by atoms with E-state index < -0.39 is 0 Å². The van der Waals surface area contributed by atoms with Crippen molar-refractivity contribution < 1.29 is 0 Å². The van der Waals surface area contributed by atoms with Crippen LogP contribution in [0, 0.1) is 5.92 Å². The number of hydrogen-bond acceptors (Lipinski definition) is 1. The summed E-state index contributed by atoms with van der Waals surface area (Å²) < 4.78 is 0. The minimum atomic E-state index is 0.732. The van der Waals surface area contributed by atoms with Gasteiger partial charge in [-0.25, -0.2) is 0 Å². The normalized spacial score (nSPS) is 18.9. The summed E-state index contributed by atoms with van der Waals surface area (Å²) in [5.74, 6) is 0.732. The Bertz CT molecular complexity index is 542. The Labute approximate surface area is 115 Å². The van der Waals surface area contributed by atoms with Gasteiger partial charge in [0.2, 0.25) is 0 Å². The van der Waals surface area contributed by atoms with Gasteiger partial charge in [0.1, 0.15) is 0 Å². The highest BCUT2D eigenvalue weighted by Gasteiger charge is 2.17. The fourth-order valence-electron chi connectivity index (χ4n) is 2.87. The average Bonchev–Trinajstić information content (AvgIpc) is 2.49. The molecule has 0 spiro atoms. The topological polar surface area (TPSA) is 12.9 Å². The van der Waals surface area contributed by atoms with E-state index in [0.29, 0.717) is 0 Å². The molecule has 0 radical (unpaired) electrons. The summed E-state index contributed by atoms with van der Waals surface area (Å²) in [4.78, 5) is 4.45. The monoisotopic (exact) mass is 249 g/mol. The van der Waals surface area contributed by atoms with Gasteiger partial charge < -0.3 is 0 Å². The van der Waals surface area contributed by atoms with Gasteiger partial charge >= 0.3 is 0 Å². The molecule has 1 aliphatic rings. The molecule has 1 aromatic carbocycles. The van der Waals surface area contributed by atoms with Gasteiger partial charge in [-0.3, -0.25) is 4.98 Å². The van der Waals surface area contributed by atoms with Crippen molar-refractivity contribution in [2.24, 2.45) is 5.92 Å². The molecule has 0 bridgehead atoms. The largest absolute Gasteiger partial charge is 0.261 e. The van der Waals surface area contributed by atoms with Crippen molar-refractivity contribution in [3.63, 3.8) is 0 Å². The van der Waals surface area contributed by atoms with E-state index in [1.165, 1.54) is 36.1 Å². The standard InChI is InChI=1S/C18H19N/c1-2-8-16(9-3-1)17-10-6-7-15(13-17)14-18-11-4-5-12-19-18/h1-5,8-12,15H,6-7,13-14H2. The summed E-state index contributed by atoms with van der Waals surface area (Å²) >= 11 is 0. The number of nitrogens with zero attached hydrogens (tertiary/aromatic N) is 1. The Morgan fingerprint density at radius 3 is 2.63 bits per heavy atom. The number of pyridine rings is 1. The third-order valence-electron chi connectivity index (χ3n) is 3.84. The number of benzene rings is 1. The van der Waals surface area contributed by atoms with Crippen molar-refractivity contribution in [1.82, 2.24) is 4.98 Å². The van der Waals surface area contributed by atoms with E-state index >= 15 is 0 Å². The SMILES string of the molecule is C1=C(c2ccccc2)CC(Cc2ccccn2)CC1. The highest BCUT2D eigenvalue weighted by atomic mass is 14.7. The maximum Gasteiger partial charge on any atom is 0.0406 e. The number of aromatic nitrogens is 1. The first-order valence-electron chi connectivity index (χ1n) is 7.06. The van der Waals surface area contributed by atoms with E-state index in [2.05, 4.69) is 53.5 Å². The lowest BCUT2D eigenvalue weighted by atomic mass is 9.83. The Kier molecular flexibility index (Phi) is 3.73. The molecule has 19 heavy (non-hydrogen) atoms. The molecule has 0 amide bonds. The molecule has 1 atom stereocenters. The van der Waals surface area contributed by atoms with Gasteiger partial charge in [0.05, 0.1) is 0 Å². The van der Waals surface area contributed by atoms with Crippen LogP contribution in [0.2, 0.25) is 0 Å². The van der Waals surface area contributed by atoms with Crippen LogP contribution in [0.1, 0.15) is 30.5 Å². The second-order valence-corrected chi connectivity index (χ2v) is 5.27. The second-order valence-electron chi connectivity index (χ2n) is 5.27. The summed E-state index contributed by atoms with van der Waals surface area (Å²) in [5, 5.41) is 0. The van der Waals surface area contributed by atoms with Crippen LogP contribution in [0.15, 0.2) is 60.8 Å². The molecule has 1 unspecified atom stereocenters. The van der Waals surface area contributed by atoms with Crippen molar-refractivity contribution in [1.29, 1.82) is 0 Å². The van der Waals surface area contributed by atoms with Crippen LogP contribution in [0.25, 0.3) is 5.57 Å². The quantitative estimate of drug-likeness (QED) is 0.780. The van der Waals surface area contributed by atoms with Crippen LogP contribution < -0.4 is 0 Å². The summed E-state index contributed by atoms with van der Waals surface area (Å²) in [6, 6.07) is 17.0. The smallest absolute Gasteiger partial charge is 0.0406 e. The molecule has 1 heterocycles. The zero-order chi connectivity index (χ0) is 12.9. The molecule has 96 valence electrons. The second kappa shape index (κ2) is 5.83. The molecule has 1 aromatic heterocycles. The predicted octanol–water partition coefficient (Wildman–Crippen LogP) is 4.51. The van der Waals surface area contributed by atoms with Gasteiger partial charge in [-0.05, 0) is 54.9 Å². The summed E-state index contributed by atoms with van der Waals surface area (Å²) in [6.07, 6.45) is 9.07. The summed E-state index contributed by atoms with van der Waals surface area (Å²) in [7, 11) is 0. The first-order valence-corrected chi connectivity index (χ1v) is 7.06. The lowest BCUT2D eigenvalue weighted by Crippen LogP contribution is -2.10. The van der Waals surface area contributed by atoms with E-state index in [1.807, 2.05) is 12.3 Å². The molecule has 3 rings (SSSR count). The van der Waals surface area contributed by atoms with E-state index in [9.17, 15) is 0 Å². The summed E-state index contributed by atoms with van der Waals surface area (Å²) in [5.41, 5.74) is 4.11. The maximum absolute atomic E-state index is 4.45. The fourth-order valence-corrected chi connectivity index (χ4v) is 2.87. The van der Waals surface area contributed by atoms with Gasteiger partial charge in [0, 0.05) is 11.9 Å². The van der Waals surface area contributed by atoms with Crippen molar-refractivity contribution in [2.75, 3.05) is 0 Å². The zero-order valence-corrected chi connectivity index (χ0v) is 11.1. The van der Waals surface area contributed by atoms with Crippen molar-refractivity contribution in [2.45, 2.75) is 25.7 Å². The van der Waals surface area contributed by atoms with E-state index in [1.54, 1.807) is 0 Å². The Morgan fingerprint density at radius 2 is 1.84 bits per heavy atom. The van der Waals surface area contributed by atoms with Gasteiger partial charge in [-0.2, -0.15) is 0 Å². The van der Waals surface area contributed by atoms with E-state index in [0.717, 1.165) is 12.3 Å². The molecule has 0 fully saturated rings. The number of rotatable bonds is 3.